The van der Waals surface area contributed by atoms with Gasteiger partial charge in [0.05, 0.1) is 0 Å². The van der Waals surface area contributed by atoms with E-state index in [4.69, 9.17) is 5.73 Å². The molecule has 0 aliphatic heterocycles. The molecule has 0 bridgehead atoms. The van der Waals surface area contributed by atoms with Gasteiger partial charge in [0.15, 0.2) is 0 Å². The van der Waals surface area contributed by atoms with Crippen LogP contribution in [0.3, 0.4) is 0 Å². The third kappa shape index (κ3) is 5.59. The summed E-state index contributed by atoms with van der Waals surface area (Å²) in [7, 11) is 0. The van der Waals surface area contributed by atoms with E-state index in [1.165, 1.54) is 0 Å². The molecule has 2 amide bonds. The molecule has 1 aromatic carbocycles. The van der Waals surface area contributed by atoms with Crippen molar-refractivity contribution in [2.75, 3.05) is 11.9 Å². The number of halogens is 1. The van der Waals surface area contributed by atoms with Crippen LogP contribution in [0.15, 0.2) is 24.3 Å². The molecule has 0 aromatic heterocycles. The molecule has 20 heavy (non-hydrogen) atoms. The van der Waals surface area contributed by atoms with Crippen molar-refractivity contribution in [1.29, 1.82) is 0 Å². The Bertz CT molecular complexity index is 446. The molecule has 0 fully saturated rings. The SMILES string of the molecule is CC(C)NC(=O)c1ccc(NC(=O)C(C)CN)cc1.Cl. The first-order chi connectivity index (χ1) is 8.93. The van der Waals surface area contributed by atoms with Gasteiger partial charge in [-0.25, -0.2) is 0 Å². The quantitative estimate of drug-likeness (QED) is 0.775. The molecular weight excluding hydrogens is 278 g/mol. The summed E-state index contributed by atoms with van der Waals surface area (Å²) in [6.07, 6.45) is 0. The average molecular weight is 300 g/mol. The maximum Gasteiger partial charge on any atom is 0.251 e. The van der Waals surface area contributed by atoms with Gasteiger partial charge in [0.25, 0.3) is 5.91 Å². The number of anilines is 1. The Hall–Kier alpha value is -1.59. The fraction of sp³-hybridized carbons (Fsp3) is 0.429. The lowest BCUT2D eigenvalue weighted by Crippen LogP contribution is -2.30. The molecule has 0 aliphatic carbocycles. The zero-order valence-electron chi connectivity index (χ0n) is 12.0. The number of nitrogens with two attached hydrogens (primary N) is 1. The van der Waals surface area contributed by atoms with Gasteiger partial charge in [0.2, 0.25) is 5.91 Å². The first-order valence-electron chi connectivity index (χ1n) is 6.36. The largest absolute Gasteiger partial charge is 0.350 e. The summed E-state index contributed by atoms with van der Waals surface area (Å²) < 4.78 is 0. The van der Waals surface area contributed by atoms with Crippen LogP contribution in [0, 0.1) is 5.92 Å². The Labute approximate surface area is 125 Å². The fourth-order valence-electron chi connectivity index (χ4n) is 1.42. The van der Waals surface area contributed by atoms with E-state index in [2.05, 4.69) is 10.6 Å². The average Bonchev–Trinajstić information content (AvgIpc) is 2.37. The van der Waals surface area contributed by atoms with Gasteiger partial charge in [-0.15, -0.1) is 12.4 Å². The van der Waals surface area contributed by atoms with Gasteiger partial charge < -0.3 is 16.4 Å². The summed E-state index contributed by atoms with van der Waals surface area (Å²) in [5.74, 6) is -0.478. The second-order valence-electron chi connectivity index (χ2n) is 4.83. The highest BCUT2D eigenvalue weighted by molar-refractivity contribution is 5.96. The Kier molecular flexibility index (Phi) is 7.87. The number of benzene rings is 1. The molecule has 1 unspecified atom stereocenters. The third-order valence-electron chi connectivity index (χ3n) is 2.64. The van der Waals surface area contributed by atoms with E-state index in [0.29, 0.717) is 17.8 Å². The summed E-state index contributed by atoms with van der Waals surface area (Å²) >= 11 is 0. The van der Waals surface area contributed by atoms with Crippen LogP contribution >= 0.6 is 12.4 Å². The monoisotopic (exact) mass is 299 g/mol. The summed E-state index contributed by atoms with van der Waals surface area (Å²) in [5.41, 5.74) is 6.65. The summed E-state index contributed by atoms with van der Waals surface area (Å²) in [6.45, 7) is 5.88. The van der Waals surface area contributed by atoms with Crippen molar-refractivity contribution in [1.82, 2.24) is 5.32 Å². The van der Waals surface area contributed by atoms with Gasteiger partial charge in [-0.05, 0) is 38.1 Å². The Morgan fingerprint density at radius 1 is 1.15 bits per heavy atom. The normalized spacial score (nSPS) is 11.4. The van der Waals surface area contributed by atoms with Crippen molar-refractivity contribution in [2.24, 2.45) is 11.7 Å². The number of carbonyl (C=O) groups is 2. The van der Waals surface area contributed by atoms with E-state index in [-0.39, 0.29) is 36.2 Å². The minimum atomic E-state index is -0.232. The molecule has 0 radical (unpaired) electrons. The highest BCUT2D eigenvalue weighted by atomic mass is 35.5. The maximum atomic E-state index is 11.7. The first kappa shape index (κ1) is 18.4. The fourth-order valence-corrected chi connectivity index (χ4v) is 1.42. The molecule has 0 saturated carbocycles. The molecule has 6 heteroatoms. The Balaban J connectivity index is 0.00000361. The second kappa shape index (κ2) is 8.55. The number of hydrogen-bond donors (Lipinski definition) is 3. The van der Waals surface area contributed by atoms with E-state index >= 15 is 0 Å². The van der Waals surface area contributed by atoms with Crippen molar-refractivity contribution < 1.29 is 9.59 Å². The van der Waals surface area contributed by atoms with Crippen LogP contribution in [-0.4, -0.2) is 24.4 Å². The number of nitrogens with one attached hydrogen (secondary N) is 2. The highest BCUT2D eigenvalue weighted by Crippen LogP contribution is 2.11. The molecule has 0 spiro atoms. The number of hydrogen-bond acceptors (Lipinski definition) is 3. The first-order valence-corrected chi connectivity index (χ1v) is 6.36. The van der Waals surface area contributed by atoms with Gasteiger partial charge in [-0.3, -0.25) is 9.59 Å². The van der Waals surface area contributed by atoms with Crippen molar-refractivity contribution in [2.45, 2.75) is 26.8 Å². The molecule has 0 aliphatic rings. The minimum Gasteiger partial charge on any atom is -0.350 e. The van der Waals surface area contributed by atoms with Crippen molar-refractivity contribution in [3.8, 4) is 0 Å². The molecular formula is C14H22ClN3O2. The van der Waals surface area contributed by atoms with Crippen LogP contribution in [0.4, 0.5) is 5.69 Å². The molecule has 1 rings (SSSR count). The van der Waals surface area contributed by atoms with Crippen molar-refractivity contribution >= 4 is 29.9 Å². The molecule has 1 atom stereocenters. The smallest absolute Gasteiger partial charge is 0.251 e. The topological polar surface area (TPSA) is 84.2 Å². The summed E-state index contributed by atoms with van der Waals surface area (Å²) in [4.78, 5) is 23.4. The number of amides is 2. The Morgan fingerprint density at radius 3 is 2.15 bits per heavy atom. The lowest BCUT2D eigenvalue weighted by atomic mass is 10.1. The zero-order valence-corrected chi connectivity index (χ0v) is 12.8. The Morgan fingerprint density at radius 2 is 1.70 bits per heavy atom. The van der Waals surface area contributed by atoms with E-state index in [0.717, 1.165) is 0 Å². The molecule has 1 aromatic rings. The number of rotatable bonds is 5. The molecule has 5 nitrogen and oxygen atoms in total. The zero-order chi connectivity index (χ0) is 14.4. The molecule has 0 saturated heterocycles. The van der Waals surface area contributed by atoms with Crippen LogP contribution in [-0.2, 0) is 4.79 Å². The predicted octanol–water partition coefficient (Wildman–Crippen LogP) is 1.78. The van der Waals surface area contributed by atoms with Crippen LogP contribution in [0.2, 0.25) is 0 Å². The van der Waals surface area contributed by atoms with E-state index in [1.807, 2.05) is 13.8 Å². The molecule has 0 heterocycles. The third-order valence-corrected chi connectivity index (χ3v) is 2.64. The van der Waals surface area contributed by atoms with Crippen LogP contribution < -0.4 is 16.4 Å². The second-order valence-corrected chi connectivity index (χ2v) is 4.83. The van der Waals surface area contributed by atoms with E-state index in [1.54, 1.807) is 31.2 Å². The standard InChI is InChI=1S/C14H21N3O2.ClH/c1-9(2)16-14(19)11-4-6-12(7-5-11)17-13(18)10(3)8-15;/h4-7,9-10H,8,15H2,1-3H3,(H,16,19)(H,17,18);1H. The lowest BCUT2D eigenvalue weighted by Gasteiger charge is -2.11. The minimum absolute atomic E-state index is 0. The van der Waals surface area contributed by atoms with E-state index < -0.39 is 0 Å². The lowest BCUT2D eigenvalue weighted by molar-refractivity contribution is -0.119. The van der Waals surface area contributed by atoms with Gasteiger partial charge in [0.1, 0.15) is 0 Å². The highest BCUT2D eigenvalue weighted by Gasteiger charge is 2.11. The summed E-state index contributed by atoms with van der Waals surface area (Å²) in [5, 5.41) is 5.55. The summed E-state index contributed by atoms with van der Waals surface area (Å²) in [6, 6.07) is 6.87. The van der Waals surface area contributed by atoms with Crippen molar-refractivity contribution in [3.63, 3.8) is 0 Å². The van der Waals surface area contributed by atoms with Crippen LogP contribution in [0.1, 0.15) is 31.1 Å². The van der Waals surface area contributed by atoms with Crippen LogP contribution in [0.25, 0.3) is 0 Å². The molecule has 4 N–H and O–H groups in total. The van der Waals surface area contributed by atoms with Crippen molar-refractivity contribution in [3.05, 3.63) is 29.8 Å². The van der Waals surface area contributed by atoms with Crippen LogP contribution in [0.5, 0.6) is 0 Å². The van der Waals surface area contributed by atoms with Gasteiger partial charge in [0, 0.05) is 29.8 Å². The van der Waals surface area contributed by atoms with Gasteiger partial charge in [-0.1, -0.05) is 6.92 Å². The van der Waals surface area contributed by atoms with Gasteiger partial charge >= 0.3 is 0 Å². The number of carbonyl (C=O) groups excluding carboxylic acids is 2. The maximum absolute atomic E-state index is 11.7. The van der Waals surface area contributed by atoms with E-state index in [9.17, 15) is 9.59 Å². The predicted molar refractivity (Wildman–Crippen MR) is 83.1 cm³/mol. The molecule has 112 valence electrons. The van der Waals surface area contributed by atoms with Gasteiger partial charge in [-0.2, -0.15) is 0 Å².